The molecular formula is C8H14N4O4. The molecule has 4 N–H and O–H groups in total. The number of morpholine rings is 1. The van der Waals surface area contributed by atoms with Gasteiger partial charge in [0.2, 0.25) is 5.91 Å². The minimum Gasteiger partial charge on any atom is -0.377 e. The Bertz CT molecular complexity index is 306. The summed E-state index contributed by atoms with van der Waals surface area (Å²) in [6.45, 7) is 0.546. The number of likely N-dealkylation sites (N-methyl/N-ethyl adjacent to an activating group) is 1. The van der Waals surface area contributed by atoms with E-state index in [1.165, 1.54) is 7.05 Å². The van der Waals surface area contributed by atoms with Crippen molar-refractivity contribution in [2.45, 2.75) is 6.04 Å². The second-order valence-corrected chi connectivity index (χ2v) is 3.18. The fraction of sp³-hybridized carbons (Fsp3) is 0.625. The average Bonchev–Trinajstić information content (AvgIpc) is 2.35. The van der Waals surface area contributed by atoms with Crippen LogP contribution in [-0.2, 0) is 19.1 Å². The molecule has 8 heteroatoms. The van der Waals surface area contributed by atoms with Gasteiger partial charge in [0.25, 0.3) is 0 Å². The minimum atomic E-state index is -0.948. The summed E-state index contributed by atoms with van der Waals surface area (Å²) in [4.78, 5) is 35.2. The summed E-state index contributed by atoms with van der Waals surface area (Å²) in [5, 5.41) is 2.40. The third-order valence-electron chi connectivity index (χ3n) is 2.26. The molecule has 1 unspecified atom stereocenters. The largest absolute Gasteiger partial charge is 0.377 e. The lowest BCUT2D eigenvalue weighted by molar-refractivity contribution is -0.155. The van der Waals surface area contributed by atoms with Gasteiger partial charge in [0.15, 0.2) is 0 Å². The lowest BCUT2D eigenvalue weighted by atomic mass is 10.2. The van der Waals surface area contributed by atoms with Crippen LogP contribution in [-0.4, -0.2) is 55.5 Å². The highest BCUT2D eigenvalue weighted by Gasteiger charge is 2.34. The van der Waals surface area contributed by atoms with Crippen LogP contribution in [0.2, 0.25) is 0 Å². The van der Waals surface area contributed by atoms with Crippen LogP contribution in [0.25, 0.3) is 0 Å². The first-order chi connectivity index (χ1) is 7.61. The zero-order valence-electron chi connectivity index (χ0n) is 8.86. The first-order valence-electron chi connectivity index (χ1n) is 4.72. The summed E-state index contributed by atoms with van der Waals surface area (Å²) >= 11 is 0. The van der Waals surface area contributed by atoms with Gasteiger partial charge in [-0.05, 0) is 0 Å². The standard InChI is InChI=1S/C8H14N4O4/c1-10-6(13)5-4-16-3-2-12(5)8(15)7(14)11-9/h5H,2-4,9H2,1H3,(H,10,13)(H,11,14). The summed E-state index contributed by atoms with van der Waals surface area (Å²) in [5.74, 6) is 2.70. The monoisotopic (exact) mass is 230 g/mol. The number of hydrogen-bond donors (Lipinski definition) is 3. The number of carbonyl (C=O) groups excluding carboxylic acids is 3. The second-order valence-electron chi connectivity index (χ2n) is 3.18. The van der Waals surface area contributed by atoms with E-state index in [0.29, 0.717) is 0 Å². The first-order valence-corrected chi connectivity index (χ1v) is 4.72. The predicted molar refractivity (Wildman–Crippen MR) is 52.7 cm³/mol. The molecule has 0 aromatic heterocycles. The molecule has 1 aliphatic heterocycles. The minimum absolute atomic E-state index is 0.0727. The number of nitrogens with zero attached hydrogens (tertiary/aromatic N) is 1. The molecule has 0 aromatic rings. The Balaban J connectivity index is 2.77. The molecule has 1 aliphatic rings. The maximum absolute atomic E-state index is 11.6. The summed E-state index contributed by atoms with van der Waals surface area (Å²) in [6.07, 6.45) is 0. The molecule has 1 saturated heterocycles. The van der Waals surface area contributed by atoms with Gasteiger partial charge in [-0.15, -0.1) is 0 Å². The third-order valence-corrected chi connectivity index (χ3v) is 2.26. The molecule has 0 bridgehead atoms. The van der Waals surface area contributed by atoms with Crippen LogP contribution in [0.4, 0.5) is 0 Å². The molecule has 0 saturated carbocycles. The van der Waals surface area contributed by atoms with Crippen molar-refractivity contribution in [3.05, 3.63) is 0 Å². The van der Waals surface area contributed by atoms with Crippen LogP contribution in [0.5, 0.6) is 0 Å². The Labute approximate surface area is 92.1 Å². The number of rotatable bonds is 1. The quantitative estimate of drug-likeness (QED) is 0.192. The van der Waals surface area contributed by atoms with Crippen LogP contribution in [0, 0.1) is 0 Å². The molecule has 0 spiro atoms. The van der Waals surface area contributed by atoms with Crippen LogP contribution in [0.15, 0.2) is 0 Å². The summed E-state index contributed by atoms with van der Waals surface area (Å²) < 4.78 is 5.08. The number of nitrogens with two attached hydrogens (primary N) is 1. The Morgan fingerprint density at radius 3 is 2.69 bits per heavy atom. The molecule has 0 radical (unpaired) electrons. The molecule has 8 nitrogen and oxygen atoms in total. The maximum atomic E-state index is 11.6. The highest BCUT2D eigenvalue weighted by atomic mass is 16.5. The van der Waals surface area contributed by atoms with Gasteiger partial charge in [0.1, 0.15) is 6.04 Å². The normalized spacial score (nSPS) is 20.1. The van der Waals surface area contributed by atoms with Crippen molar-refractivity contribution >= 4 is 17.7 Å². The van der Waals surface area contributed by atoms with E-state index < -0.39 is 17.9 Å². The number of hydrogen-bond acceptors (Lipinski definition) is 5. The van der Waals surface area contributed by atoms with Crippen molar-refractivity contribution in [2.75, 3.05) is 26.8 Å². The summed E-state index contributed by atoms with van der Waals surface area (Å²) in [7, 11) is 1.45. The molecule has 1 fully saturated rings. The molecule has 0 aliphatic carbocycles. The lowest BCUT2D eigenvalue weighted by Crippen LogP contribution is -2.58. The fourth-order valence-electron chi connectivity index (χ4n) is 1.42. The van der Waals surface area contributed by atoms with E-state index in [9.17, 15) is 14.4 Å². The van der Waals surface area contributed by atoms with Gasteiger partial charge in [-0.1, -0.05) is 0 Å². The van der Waals surface area contributed by atoms with E-state index in [2.05, 4.69) is 5.32 Å². The molecule has 0 aromatic carbocycles. The average molecular weight is 230 g/mol. The van der Waals surface area contributed by atoms with Crippen LogP contribution < -0.4 is 16.6 Å². The Morgan fingerprint density at radius 1 is 1.44 bits per heavy atom. The topological polar surface area (TPSA) is 114 Å². The fourth-order valence-corrected chi connectivity index (χ4v) is 1.42. The number of ether oxygens (including phenoxy) is 1. The summed E-state index contributed by atoms with van der Waals surface area (Å²) in [5.41, 5.74) is 1.74. The second kappa shape index (κ2) is 5.42. The van der Waals surface area contributed by atoms with Gasteiger partial charge in [0, 0.05) is 13.6 Å². The van der Waals surface area contributed by atoms with E-state index >= 15 is 0 Å². The van der Waals surface area contributed by atoms with E-state index in [-0.39, 0.29) is 25.7 Å². The molecular weight excluding hydrogens is 216 g/mol. The zero-order chi connectivity index (χ0) is 12.1. The van der Waals surface area contributed by atoms with Crippen LogP contribution in [0.1, 0.15) is 0 Å². The molecule has 1 heterocycles. The highest BCUT2D eigenvalue weighted by Crippen LogP contribution is 2.07. The van der Waals surface area contributed by atoms with Gasteiger partial charge in [0.05, 0.1) is 13.2 Å². The van der Waals surface area contributed by atoms with Crippen molar-refractivity contribution in [2.24, 2.45) is 5.84 Å². The van der Waals surface area contributed by atoms with Gasteiger partial charge < -0.3 is 15.0 Å². The Morgan fingerprint density at radius 2 is 2.12 bits per heavy atom. The van der Waals surface area contributed by atoms with Crippen molar-refractivity contribution in [3.8, 4) is 0 Å². The Hall–Kier alpha value is -1.67. The van der Waals surface area contributed by atoms with Crippen molar-refractivity contribution < 1.29 is 19.1 Å². The third kappa shape index (κ3) is 2.47. The number of carbonyl (C=O) groups is 3. The van der Waals surface area contributed by atoms with E-state index in [1.54, 1.807) is 5.43 Å². The van der Waals surface area contributed by atoms with Crippen LogP contribution in [0.3, 0.4) is 0 Å². The first kappa shape index (κ1) is 12.4. The zero-order valence-corrected chi connectivity index (χ0v) is 8.86. The van der Waals surface area contributed by atoms with E-state index in [4.69, 9.17) is 10.6 Å². The molecule has 16 heavy (non-hydrogen) atoms. The van der Waals surface area contributed by atoms with E-state index in [1.807, 2.05) is 0 Å². The van der Waals surface area contributed by atoms with Crippen LogP contribution >= 0.6 is 0 Å². The molecule has 90 valence electrons. The van der Waals surface area contributed by atoms with Crippen molar-refractivity contribution in [1.29, 1.82) is 0 Å². The van der Waals surface area contributed by atoms with Crippen molar-refractivity contribution in [1.82, 2.24) is 15.6 Å². The van der Waals surface area contributed by atoms with Gasteiger partial charge in [-0.2, -0.15) is 0 Å². The molecule has 1 atom stereocenters. The molecule has 1 rings (SSSR count). The maximum Gasteiger partial charge on any atom is 0.323 e. The summed E-state index contributed by atoms with van der Waals surface area (Å²) in [6, 6.07) is -0.788. The highest BCUT2D eigenvalue weighted by molar-refractivity contribution is 6.35. The lowest BCUT2D eigenvalue weighted by Gasteiger charge is -2.33. The van der Waals surface area contributed by atoms with Gasteiger partial charge in [-0.25, -0.2) is 5.84 Å². The Kier molecular flexibility index (Phi) is 4.20. The SMILES string of the molecule is CNC(=O)C1COCCN1C(=O)C(=O)NN. The number of amides is 3. The van der Waals surface area contributed by atoms with Gasteiger partial charge in [-0.3, -0.25) is 19.8 Å². The van der Waals surface area contributed by atoms with Crippen molar-refractivity contribution in [3.63, 3.8) is 0 Å². The smallest absolute Gasteiger partial charge is 0.323 e. The number of nitrogens with one attached hydrogen (secondary N) is 2. The number of hydrazine groups is 1. The van der Waals surface area contributed by atoms with Gasteiger partial charge >= 0.3 is 11.8 Å². The predicted octanol–water partition coefficient (Wildman–Crippen LogP) is -3.05. The molecule has 3 amide bonds. The van der Waals surface area contributed by atoms with E-state index in [0.717, 1.165) is 4.90 Å².